The summed E-state index contributed by atoms with van der Waals surface area (Å²) in [4.78, 5) is 22.6. The van der Waals surface area contributed by atoms with Crippen molar-refractivity contribution in [2.45, 2.75) is 13.5 Å². The number of amides is 1. The van der Waals surface area contributed by atoms with Crippen LogP contribution in [0.1, 0.15) is 27.4 Å². The third kappa shape index (κ3) is 4.49. The minimum Gasteiger partial charge on any atom is -0.267 e. The van der Waals surface area contributed by atoms with Crippen LogP contribution in [0.25, 0.3) is 0 Å². The monoisotopic (exact) mass is 445 g/mol. The van der Waals surface area contributed by atoms with Gasteiger partial charge in [-0.05, 0) is 34.5 Å². The molecule has 0 saturated carbocycles. The van der Waals surface area contributed by atoms with Crippen molar-refractivity contribution in [3.63, 3.8) is 0 Å². The molecular weight excluding hydrogens is 430 g/mol. The molecule has 2 aromatic heterocycles. The number of nitro groups is 1. The standard InChI is InChI=1S/C17H16BrN7O3/c1-11-7-14(23(2)21-11)8-19-20-17(26)16-15(18)10-24(22-16)9-12-3-5-13(6-4-12)25(27)28/h3-8,10H,9H2,1-2H3,(H,20,26)/b19-8-. The Balaban J connectivity index is 1.66. The molecule has 0 saturated heterocycles. The Bertz CT molecular complexity index is 1050. The van der Waals surface area contributed by atoms with Crippen molar-refractivity contribution >= 4 is 33.7 Å². The van der Waals surface area contributed by atoms with Crippen molar-refractivity contribution < 1.29 is 9.72 Å². The molecule has 0 unspecified atom stereocenters. The minimum atomic E-state index is -0.468. The predicted molar refractivity (Wildman–Crippen MR) is 105 cm³/mol. The molecule has 0 bridgehead atoms. The van der Waals surface area contributed by atoms with Crippen molar-refractivity contribution in [3.05, 3.63) is 73.8 Å². The van der Waals surface area contributed by atoms with Gasteiger partial charge in [0.05, 0.1) is 33.5 Å². The maximum absolute atomic E-state index is 12.3. The zero-order chi connectivity index (χ0) is 20.3. The number of nitrogens with one attached hydrogen (secondary N) is 1. The summed E-state index contributed by atoms with van der Waals surface area (Å²) >= 11 is 3.31. The Morgan fingerprint density at radius 3 is 2.68 bits per heavy atom. The van der Waals surface area contributed by atoms with E-state index in [-0.39, 0.29) is 11.4 Å². The number of carbonyl (C=O) groups is 1. The largest absolute Gasteiger partial charge is 0.293 e. The summed E-state index contributed by atoms with van der Waals surface area (Å²) < 4.78 is 3.73. The van der Waals surface area contributed by atoms with Crippen LogP contribution in [0, 0.1) is 17.0 Å². The lowest BCUT2D eigenvalue weighted by molar-refractivity contribution is -0.384. The molecular formula is C17H16BrN7O3. The molecule has 0 aliphatic heterocycles. The number of hydrazone groups is 1. The first kappa shape index (κ1) is 19.4. The number of nitro benzene ring substituents is 1. The van der Waals surface area contributed by atoms with Crippen molar-refractivity contribution in [1.82, 2.24) is 25.0 Å². The van der Waals surface area contributed by atoms with Gasteiger partial charge in [0, 0.05) is 25.4 Å². The third-order valence-corrected chi connectivity index (χ3v) is 4.41. The van der Waals surface area contributed by atoms with Crippen LogP contribution < -0.4 is 5.43 Å². The third-order valence-electron chi connectivity index (χ3n) is 3.82. The summed E-state index contributed by atoms with van der Waals surface area (Å²) in [7, 11) is 1.78. The van der Waals surface area contributed by atoms with Gasteiger partial charge in [0.15, 0.2) is 5.69 Å². The molecule has 144 valence electrons. The highest BCUT2D eigenvalue weighted by Crippen LogP contribution is 2.17. The molecule has 0 aliphatic carbocycles. The van der Waals surface area contributed by atoms with Gasteiger partial charge < -0.3 is 0 Å². The number of hydrogen-bond acceptors (Lipinski definition) is 6. The van der Waals surface area contributed by atoms with Gasteiger partial charge >= 0.3 is 0 Å². The molecule has 0 spiro atoms. The Labute approximate surface area is 168 Å². The van der Waals surface area contributed by atoms with Gasteiger partial charge in [-0.25, -0.2) is 5.43 Å². The summed E-state index contributed by atoms with van der Waals surface area (Å²) in [5, 5.41) is 23.1. The second-order valence-corrected chi connectivity index (χ2v) is 6.83. The molecule has 0 atom stereocenters. The number of non-ortho nitro benzene ring substituents is 1. The highest BCUT2D eigenvalue weighted by atomic mass is 79.9. The molecule has 10 nitrogen and oxygen atoms in total. The Morgan fingerprint density at radius 1 is 1.36 bits per heavy atom. The molecule has 0 radical (unpaired) electrons. The summed E-state index contributed by atoms with van der Waals surface area (Å²) in [5.74, 6) is -0.468. The van der Waals surface area contributed by atoms with Gasteiger partial charge in [0.1, 0.15) is 0 Å². The second-order valence-electron chi connectivity index (χ2n) is 5.98. The quantitative estimate of drug-likeness (QED) is 0.354. The zero-order valence-corrected chi connectivity index (χ0v) is 16.6. The average molecular weight is 446 g/mol. The zero-order valence-electron chi connectivity index (χ0n) is 15.0. The first-order valence-corrected chi connectivity index (χ1v) is 8.93. The smallest absolute Gasteiger partial charge is 0.267 e. The number of aryl methyl sites for hydroxylation is 2. The number of carbonyl (C=O) groups excluding carboxylic acids is 1. The topological polar surface area (TPSA) is 120 Å². The number of benzene rings is 1. The lowest BCUT2D eigenvalue weighted by atomic mass is 10.2. The van der Waals surface area contributed by atoms with E-state index in [2.05, 4.69) is 36.7 Å². The first-order chi connectivity index (χ1) is 13.3. The molecule has 11 heteroatoms. The van der Waals surface area contributed by atoms with Crippen molar-refractivity contribution in [2.24, 2.45) is 12.1 Å². The van der Waals surface area contributed by atoms with Crippen molar-refractivity contribution in [3.8, 4) is 0 Å². The fourth-order valence-electron chi connectivity index (χ4n) is 2.50. The Hall–Kier alpha value is -3.34. The van der Waals surface area contributed by atoms with Gasteiger partial charge in [0.25, 0.3) is 11.6 Å². The summed E-state index contributed by atoms with van der Waals surface area (Å²) in [6.45, 7) is 2.23. The van der Waals surface area contributed by atoms with E-state index in [1.54, 1.807) is 34.7 Å². The van der Waals surface area contributed by atoms with Crippen LogP contribution in [0.4, 0.5) is 5.69 Å². The number of nitrogens with zero attached hydrogens (tertiary/aromatic N) is 6. The van der Waals surface area contributed by atoms with E-state index in [4.69, 9.17) is 0 Å². The second kappa shape index (κ2) is 8.13. The molecule has 1 N–H and O–H groups in total. The predicted octanol–water partition coefficient (Wildman–Crippen LogP) is 2.41. The SMILES string of the molecule is Cc1cc(/C=N\NC(=O)c2nn(Cc3ccc([N+](=O)[O-])cc3)cc2Br)n(C)n1. The van der Waals surface area contributed by atoms with Crippen LogP contribution in [-0.4, -0.2) is 36.6 Å². The maximum atomic E-state index is 12.3. The van der Waals surface area contributed by atoms with Crippen LogP contribution >= 0.6 is 15.9 Å². The number of hydrogen-bond donors (Lipinski definition) is 1. The van der Waals surface area contributed by atoms with E-state index >= 15 is 0 Å². The lowest BCUT2D eigenvalue weighted by Gasteiger charge is -2.01. The Kier molecular flexibility index (Phi) is 5.64. The molecule has 1 amide bonds. The normalized spacial score (nSPS) is 11.1. The fraction of sp³-hybridized carbons (Fsp3) is 0.176. The fourth-order valence-corrected chi connectivity index (χ4v) is 3.00. The molecule has 3 aromatic rings. The van der Waals surface area contributed by atoms with Crippen LogP contribution in [0.2, 0.25) is 0 Å². The van der Waals surface area contributed by atoms with E-state index in [9.17, 15) is 14.9 Å². The van der Waals surface area contributed by atoms with Crippen molar-refractivity contribution in [2.75, 3.05) is 0 Å². The highest BCUT2D eigenvalue weighted by Gasteiger charge is 2.15. The maximum Gasteiger partial charge on any atom is 0.293 e. The van der Waals surface area contributed by atoms with E-state index in [1.807, 2.05) is 13.0 Å². The van der Waals surface area contributed by atoms with E-state index in [1.165, 1.54) is 18.3 Å². The van der Waals surface area contributed by atoms with E-state index < -0.39 is 10.8 Å². The van der Waals surface area contributed by atoms with Gasteiger partial charge in [-0.2, -0.15) is 15.3 Å². The number of aromatic nitrogens is 4. The van der Waals surface area contributed by atoms with Gasteiger partial charge in [-0.3, -0.25) is 24.3 Å². The minimum absolute atomic E-state index is 0.0203. The Morgan fingerprint density at radius 2 is 2.07 bits per heavy atom. The van der Waals surface area contributed by atoms with E-state index in [0.717, 1.165) is 17.0 Å². The molecule has 0 fully saturated rings. The van der Waals surface area contributed by atoms with Gasteiger partial charge in [0.2, 0.25) is 0 Å². The van der Waals surface area contributed by atoms with Crippen LogP contribution in [0.5, 0.6) is 0 Å². The lowest BCUT2D eigenvalue weighted by Crippen LogP contribution is -2.19. The molecule has 0 aliphatic rings. The van der Waals surface area contributed by atoms with Crippen LogP contribution in [-0.2, 0) is 13.6 Å². The average Bonchev–Trinajstić information content (AvgIpc) is 3.16. The molecule has 2 heterocycles. The van der Waals surface area contributed by atoms with Crippen molar-refractivity contribution in [1.29, 1.82) is 0 Å². The number of rotatable bonds is 6. The first-order valence-electron chi connectivity index (χ1n) is 8.14. The summed E-state index contributed by atoms with van der Waals surface area (Å²) in [5.41, 5.74) is 5.05. The van der Waals surface area contributed by atoms with Crippen LogP contribution in [0.3, 0.4) is 0 Å². The van der Waals surface area contributed by atoms with Gasteiger partial charge in [-0.1, -0.05) is 12.1 Å². The summed E-state index contributed by atoms with van der Waals surface area (Å²) in [6.07, 6.45) is 3.16. The van der Waals surface area contributed by atoms with Crippen LogP contribution in [0.15, 0.2) is 46.1 Å². The molecule has 3 rings (SSSR count). The van der Waals surface area contributed by atoms with Gasteiger partial charge in [-0.15, -0.1) is 0 Å². The highest BCUT2D eigenvalue weighted by molar-refractivity contribution is 9.10. The number of halogens is 1. The molecule has 1 aromatic carbocycles. The molecule has 28 heavy (non-hydrogen) atoms. The van der Waals surface area contributed by atoms with E-state index in [0.29, 0.717) is 11.0 Å². The summed E-state index contributed by atoms with van der Waals surface area (Å²) in [6, 6.07) is 7.98.